The van der Waals surface area contributed by atoms with Crippen LogP contribution in [0.3, 0.4) is 0 Å². The van der Waals surface area contributed by atoms with Gasteiger partial charge < -0.3 is 10.1 Å². The van der Waals surface area contributed by atoms with Crippen molar-refractivity contribution in [2.45, 2.75) is 83.6 Å². The van der Waals surface area contributed by atoms with Gasteiger partial charge in [-0.2, -0.15) is 0 Å². The second-order valence-electron chi connectivity index (χ2n) is 6.14. The SMILES string of the molecule is CCCCCCCCCCC(NC)C1CCCOC1. The molecule has 1 N–H and O–H groups in total. The van der Waals surface area contributed by atoms with Crippen LogP contribution in [0.4, 0.5) is 0 Å². The van der Waals surface area contributed by atoms with Gasteiger partial charge in [0.25, 0.3) is 0 Å². The Morgan fingerprint density at radius 2 is 1.74 bits per heavy atom. The Morgan fingerprint density at radius 1 is 1.05 bits per heavy atom. The second-order valence-corrected chi connectivity index (χ2v) is 6.14. The third kappa shape index (κ3) is 7.94. The zero-order valence-corrected chi connectivity index (χ0v) is 13.3. The van der Waals surface area contributed by atoms with Crippen molar-refractivity contribution in [2.24, 2.45) is 5.92 Å². The summed E-state index contributed by atoms with van der Waals surface area (Å²) in [6, 6.07) is 0.681. The van der Waals surface area contributed by atoms with Crippen molar-refractivity contribution in [1.82, 2.24) is 5.32 Å². The van der Waals surface area contributed by atoms with Gasteiger partial charge in [-0.1, -0.05) is 58.3 Å². The fraction of sp³-hybridized carbons (Fsp3) is 1.00. The number of rotatable bonds is 11. The molecule has 0 radical (unpaired) electrons. The van der Waals surface area contributed by atoms with Crippen LogP contribution in [0.25, 0.3) is 0 Å². The summed E-state index contributed by atoms with van der Waals surface area (Å²) in [5, 5.41) is 3.51. The van der Waals surface area contributed by atoms with E-state index in [0.717, 1.165) is 19.1 Å². The van der Waals surface area contributed by atoms with E-state index in [9.17, 15) is 0 Å². The lowest BCUT2D eigenvalue weighted by Gasteiger charge is -2.30. The Hall–Kier alpha value is -0.0800. The molecule has 19 heavy (non-hydrogen) atoms. The van der Waals surface area contributed by atoms with E-state index in [2.05, 4.69) is 19.3 Å². The van der Waals surface area contributed by atoms with Crippen LogP contribution in [0.5, 0.6) is 0 Å². The Labute approximate surface area is 120 Å². The molecule has 0 aromatic carbocycles. The molecule has 0 aromatic heterocycles. The average Bonchev–Trinajstić information content (AvgIpc) is 2.47. The highest BCUT2D eigenvalue weighted by molar-refractivity contribution is 4.77. The fourth-order valence-corrected chi connectivity index (χ4v) is 3.20. The maximum Gasteiger partial charge on any atom is 0.0509 e. The molecule has 2 heteroatoms. The molecule has 1 fully saturated rings. The Bertz CT molecular complexity index is 190. The lowest BCUT2D eigenvalue weighted by Crippen LogP contribution is -2.38. The van der Waals surface area contributed by atoms with Gasteiger partial charge in [0.2, 0.25) is 0 Å². The molecule has 0 aromatic rings. The van der Waals surface area contributed by atoms with Crippen molar-refractivity contribution in [3.05, 3.63) is 0 Å². The number of hydrogen-bond acceptors (Lipinski definition) is 2. The van der Waals surface area contributed by atoms with Crippen LogP contribution in [0.15, 0.2) is 0 Å². The second kappa shape index (κ2) is 11.7. The van der Waals surface area contributed by atoms with Gasteiger partial charge in [-0.25, -0.2) is 0 Å². The van der Waals surface area contributed by atoms with Crippen molar-refractivity contribution >= 4 is 0 Å². The number of ether oxygens (including phenoxy) is 1. The van der Waals surface area contributed by atoms with Crippen LogP contribution in [0.2, 0.25) is 0 Å². The molecule has 2 unspecified atom stereocenters. The van der Waals surface area contributed by atoms with Gasteiger partial charge in [-0.3, -0.25) is 0 Å². The first-order valence-corrected chi connectivity index (χ1v) is 8.63. The first kappa shape index (κ1) is 17.0. The topological polar surface area (TPSA) is 21.3 Å². The molecule has 1 heterocycles. The molecule has 1 aliphatic rings. The van der Waals surface area contributed by atoms with Gasteiger partial charge in [0, 0.05) is 12.6 Å². The third-order valence-electron chi connectivity index (χ3n) is 4.50. The monoisotopic (exact) mass is 269 g/mol. The van der Waals surface area contributed by atoms with Crippen molar-refractivity contribution in [3.63, 3.8) is 0 Å². The molecule has 0 amide bonds. The molecule has 1 rings (SSSR count). The van der Waals surface area contributed by atoms with Gasteiger partial charge in [0.1, 0.15) is 0 Å². The number of hydrogen-bond donors (Lipinski definition) is 1. The van der Waals surface area contributed by atoms with Gasteiger partial charge in [0.15, 0.2) is 0 Å². The first-order chi connectivity index (χ1) is 9.38. The summed E-state index contributed by atoms with van der Waals surface area (Å²) >= 11 is 0. The van der Waals surface area contributed by atoms with Crippen molar-refractivity contribution in [1.29, 1.82) is 0 Å². The fourth-order valence-electron chi connectivity index (χ4n) is 3.20. The Balaban J connectivity index is 1.96. The summed E-state index contributed by atoms with van der Waals surface area (Å²) in [4.78, 5) is 0. The molecule has 114 valence electrons. The van der Waals surface area contributed by atoms with E-state index in [1.165, 1.54) is 70.6 Å². The quantitative estimate of drug-likeness (QED) is 0.556. The van der Waals surface area contributed by atoms with Crippen LogP contribution >= 0.6 is 0 Å². The van der Waals surface area contributed by atoms with Crippen molar-refractivity contribution in [2.75, 3.05) is 20.3 Å². The molecule has 1 saturated heterocycles. The zero-order chi connectivity index (χ0) is 13.8. The van der Waals surface area contributed by atoms with E-state index in [0.29, 0.717) is 6.04 Å². The molecule has 0 saturated carbocycles. The number of unbranched alkanes of at least 4 members (excludes halogenated alkanes) is 7. The highest BCUT2D eigenvalue weighted by Gasteiger charge is 2.22. The smallest absolute Gasteiger partial charge is 0.0509 e. The minimum atomic E-state index is 0.681. The molecular weight excluding hydrogens is 234 g/mol. The van der Waals surface area contributed by atoms with E-state index in [-0.39, 0.29) is 0 Å². The highest BCUT2D eigenvalue weighted by Crippen LogP contribution is 2.21. The molecule has 2 nitrogen and oxygen atoms in total. The Morgan fingerprint density at radius 3 is 2.32 bits per heavy atom. The molecule has 0 aliphatic carbocycles. The summed E-state index contributed by atoms with van der Waals surface area (Å²) in [5.74, 6) is 0.753. The summed E-state index contributed by atoms with van der Waals surface area (Å²) in [5.41, 5.74) is 0. The summed E-state index contributed by atoms with van der Waals surface area (Å²) in [7, 11) is 2.12. The summed E-state index contributed by atoms with van der Waals surface area (Å²) in [6.07, 6.45) is 15.3. The van der Waals surface area contributed by atoms with E-state index in [1.54, 1.807) is 0 Å². The Kier molecular flexibility index (Phi) is 10.5. The van der Waals surface area contributed by atoms with Crippen molar-refractivity contribution in [3.8, 4) is 0 Å². The van der Waals surface area contributed by atoms with E-state index < -0.39 is 0 Å². The van der Waals surface area contributed by atoms with Crippen LogP contribution in [-0.2, 0) is 4.74 Å². The molecular formula is C17H35NO. The van der Waals surface area contributed by atoms with Crippen LogP contribution < -0.4 is 5.32 Å². The molecule has 1 aliphatic heterocycles. The van der Waals surface area contributed by atoms with E-state index in [4.69, 9.17) is 4.74 Å². The zero-order valence-electron chi connectivity index (χ0n) is 13.3. The highest BCUT2D eigenvalue weighted by atomic mass is 16.5. The van der Waals surface area contributed by atoms with Crippen LogP contribution in [0, 0.1) is 5.92 Å². The summed E-state index contributed by atoms with van der Waals surface area (Å²) < 4.78 is 5.61. The minimum absolute atomic E-state index is 0.681. The lowest BCUT2D eigenvalue weighted by atomic mass is 9.90. The molecule has 0 spiro atoms. The maximum absolute atomic E-state index is 5.61. The standard InChI is InChI=1S/C17H35NO/c1-3-4-5-6-7-8-9-10-13-17(18-2)16-12-11-14-19-15-16/h16-18H,3-15H2,1-2H3. The third-order valence-corrected chi connectivity index (χ3v) is 4.50. The largest absolute Gasteiger partial charge is 0.381 e. The predicted molar refractivity (Wildman–Crippen MR) is 83.6 cm³/mol. The van der Waals surface area contributed by atoms with Gasteiger partial charge in [-0.15, -0.1) is 0 Å². The maximum atomic E-state index is 5.61. The van der Waals surface area contributed by atoms with Gasteiger partial charge >= 0.3 is 0 Å². The predicted octanol–water partition coefficient (Wildman–Crippen LogP) is 4.53. The molecule has 0 bridgehead atoms. The molecule has 2 atom stereocenters. The van der Waals surface area contributed by atoms with E-state index in [1.807, 2.05) is 0 Å². The van der Waals surface area contributed by atoms with Gasteiger partial charge in [0.05, 0.1) is 6.61 Å². The van der Waals surface area contributed by atoms with Gasteiger partial charge in [-0.05, 0) is 32.2 Å². The first-order valence-electron chi connectivity index (χ1n) is 8.63. The summed E-state index contributed by atoms with van der Waals surface area (Å²) in [6.45, 7) is 4.24. The number of nitrogens with one attached hydrogen (secondary N) is 1. The van der Waals surface area contributed by atoms with Crippen LogP contribution in [0.1, 0.15) is 77.6 Å². The average molecular weight is 269 g/mol. The van der Waals surface area contributed by atoms with E-state index >= 15 is 0 Å². The minimum Gasteiger partial charge on any atom is -0.381 e. The van der Waals surface area contributed by atoms with Crippen molar-refractivity contribution < 1.29 is 4.74 Å². The lowest BCUT2D eigenvalue weighted by molar-refractivity contribution is 0.0387. The van der Waals surface area contributed by atoms with Crippen LogP contribution in [-0.4, -0.2) is 26.3 Å². The normalized spacial score (nSPS) is 21.5.